The second kappa shape index (κ2) is 10.3. The molecule has 8 heteroatoms. The fraction of sp³-hybridized carbons (Fsp3) is 0.286. The Balaban J connectivity index is 1.62. The molecule has 0 saturated heterocycles. The maximum absolute atomic E-state index is 14.4. The van der Waals surface area contributed by atoms with Gasteiger partial charge in [0.05, 0.1) is 22.6 Å². The molecule has 0 radical (unpaired) electrons. The van der Waals surface area contributed by atoms with Crippen LogP contribution in [0.15, 0.2) is 60.7 Å². The lowest BCUT2D eigenvalue weighted by Crippen LogP contribution is -2.28. The third kappa shape index (κ3) is 4.93. The number of ether oxygens (including phenoxy) is 1. The van der Waals surface area contributed by atoms with Gasteiger partial charge in [0.25, 0.3) is 0 Å². The first-order valence-electron chi connectivity index (χ1n) is 12.0. The molecule has 0 spiro atoms. The molecule has 1 aliphatic rings. The highest BCUT2D eigenvalue weighted by Crippen LogP contribution is 2.39. The summed E-state index contributed by atoms with van der Waals surface area (Å²) < 4.78 is 36.7. The summed E-state index contributed by atoms with van der Waals surface area (Å²) in [5.74, 6) is -1.70. The Morgan fingerprint density at radius 2 is 1.78 bits per heavy atom. The Bertz CT molecular complexity index is 1400. The van der Waals surface area contributed by atoms with E-state index in [-0.39, 0.29) is 24.1 Å². The molecule has 1 saturated carbocycles. The number of nitrogens with zero attached hydrogens (tertiary/aromatic N) is 2. The second-order valence-corrected chi connectivity index (χ2v) is 9.61. The molecule has 1 heterocycles. The first-order chi connectivity index (χ1) is 17.4. The Hall–Kier alpha value is -3.45. The van der Waals surface area contributed by atoms with E-state index in [0.717, 1.165) is 43.7 Å². The third-order valence-electron chi connectivity index (χ3n) is 6.86. The van der Waals surface area contributed by atoms with Gasteiger partial charge >= 0.3 is 5.97 Å². The smallest absolute Gasteiger partial charge is 0.335 e. The number of hydrogen-bond donors (Lipinski definition) is 1. The van der Waals surface area contributed by atoms with Gasteiger partial charge in [0, 0.05) is 22.7 Å². The number of hydrogen-bond acceptors (Lipinski definition) is 3. The van der Waals surface area contributed by atoms with Gasteiger partial charge in [-0.2, -0.15) is 0 Å². The highest BCUT2D eigenvalue weighted by atomic mass is 35.5. The fourth-order valence-corrected chi connectivity index (χ4v) is 5.20. The predicted octanol–water partition coefficient (Wildman–Crippen LogP) is 7.53. The third-order valence-corrected chi connectivity index (χ3v) is 7.11. The number of rotatable bonds is 7. The van der Waals surface area contributed by atoms with Gasteiger partial charge in [0.1, 0.15) is 18.2 Å². The summed E-state index contributed by atoms with van der Waals surface area (Å²) in [7, 11) is 0. The molecule has 4 aromatic rings. The molecule has 0 amide bonds. The maximum Gasteiger partial charge on any atom is 0.335 e. The Morgan fingerprint density at radius 1 is 1.06 bits per heavy atom. The first-order valence-corrected chi connectivity index (χ1v) is 12.4. The van der Waals surface area contributed by atoms with E-state index in [1.807, 2.05) is 16.7 Å². The van der Waals surface area contributed by atoms with E-state index in [0.29, 0.717) is 27.6 Å². The predicted molar refractivity (Wildman–Crippen MR) is 135 cm³/mol. The molecule has 0 bridgehead atoms. The number of benzene rings is 3. The van der Waals surface area contributed by atoms with E-state index < -0.39 is 17.6 Å². The molecule has 1 aromatic heterocycles. The molecule has 5 nitrogen and oxygen atoms in total. The summed E-state index contributed by atoms with van der Waals surface area (Å²) in [6.07, 6.45) is 5.22. The van der Waals surface area contributed by atoms with Gasteiger partial charge in [-0.1, -0.05) is 36.9 Å². The van der Waals surface area contributed by atoms with Gasteiger partial charge in [-0.25, -0.2) is 18.6 Å². The van der Waals surface area contributed by atoms with Gasteiger partial charge in [-0.15, -0.1) is 0 Å². The number of carboxylic acid groups (broad SMARTS) is 1. The van der Waals surface area contributed by atoms with Gasteiger partial charge in [0.2, 0.25) is 0 Å². The molecule has 186 valence electrons. The van der Waals surface area contributed by atoms with Crippen molar-refractivity contribution in [2.75, 3.05) is 6.61 Å². The van der Waals surface area contributed by atoms with Gasteiger partial charge in [-0.05, 0) is 61.2 Å². The van der Waals surface area contributed by atoms with E-state index in [2.05, 4.69) is 0 Å². The minimum atomic E-state index is -1.03. The van der Waals surface area contributed by atoms with Crippen molar-refractivity contribution in [3.63, 3.8) is 0 Å². The molecule has 1 fully saturated rings. The number of fused-ring (bicyclic) bond motifs is 1. The minimum Gasteiger partial charge on any atom is -0.491 e. The quantitative estimate of drug-likeness (QED) is 0.279. The molecule has 1 unspecified atom stereocenters. The van der Waals surface area contributed by atoms with E-state index in [1.54, 1.807) is 24.3 Å². The highest BCUT2D eigenvalue weighted by molar-refractivity contribution is 6.30. The average molecular weight is 511 g/mol. The molecule has 0 aliphatic heterocycles. The van der Waals surface area contributed by atoms with Crippen molar-refractivity contribution >= 4 is 28.6 Å². The van der Waals surface area contributed by atoms with Gasteiger partial charge in [-0.3, -0.25) is 0 Å². The van der Waals surface area contributed by atoms with Gasteiger partial charge < -0.3 is 14.4 Å². The van der Waals surface area contributed by atoms with Crippen LogP contribution in [-0.2, 0) is 0 Å². The molecule has 1 atom stereocenters. The van der Waals surface area contributed by atoms with Crippen LogP contribution in [0.25, 0.3) is 22.4 Å². The van der Waals surface area contributed by atoms with E-state index >= 15 is 0 Å². The number of carbonyl (C=O) groups is 1. The summed E-state index contributed by atoms with van der Waals surface area (Å²) in [5.41, 5.74) is 1.74. The van der Waals surface area contributed by atoms with Crippen molar-refractivity contribution < 1.29 is 23.4 Å². The van der Waals surface area contributed by atoms with E-state index in [9.17, 15) is 18.7 Å². The van der Waals surface area contributed by atoms with Crippen LogP contribution >= 0.6 is 11.6 Å². The Labute approximate surface area is 212 Å². The maximum atomic E-state index is 14.4. The number of halogens is 3. The van der Waals surface area contributed by atoms with Crippen molar-refractivity contribution in [2.24, 2.45) is 5.92 Å². The summed E-state index contributed by atoms with van der Waals surface area (Å²) in [6.45, 7) is 0.221. The van der Waals surface area contributed by atoms with Crippen molar-refractivity contribution in [2.45, 2.75) is 38.1 Å². The number of imidazole rings is 1. The highest BCUT2D eigenvalue weighted by Gasteiger charge is 2.30. The van der Waals surface area contributed by atoms with Crippen LogP contribution in [0.3, 0.4) is 0 Å². The van der Waals surface area contributed by atoms with Crippen molar-refractivity contribution in [1.29, 1.82) is 0 Å². The molecule has 1 aliphatic carbocycles. The summed E-state index contributed by atoms with van der Waals surface area (Å²) in [6, 6.07) is 15.6. The molecule has 36 heavy (non-hydrogen) atoms. The molecule has 5 rings (SSSR count). The van der Waals surface area contributed by atoms with Crippen molar-refractivity contribution in [1.82, 2.24) is 9.55 Å². The molecule has 1 N–H and O–H groups in total. The Kier molecular flexibility index (Phi) is 6.92. The standard InChI is InChI=1S/C28H25ClF2N2O3/c29-20-11-9-18(10-12-20)27-32-24-14-22(30)23(31)15-25(24)33(27)26(17-5-2-1-3-6-17)16-36-21-8-4-7-19(13-21)28(34)35/h4,7-15,17,26H,1-3,5-6,16H2,(H,34,35). The first kappa shape index (κ1) is 24.3. The van der Waals surface area contributed by atoms with E-state index in [4.69, 9.17) is 21.3 Å². The largest absolute Gasteiger partial charge is 0.491 e. The van der Waals surface area contributed by atoms with Crippen LogP contribution in [0.1, 0.15) is 48.5 Å². The molecule has 3 aromatic carbocycles. The van der Waals surface area contributed by atoms with E-state index in [1.165, 1.54) is 18.2 Å². The lowest BCUT2D eigenvalue weighted by Gasteiger charge is -2.32. The fourth-order valence-electron chi connectivity index (χ4n) is 5.07. The topological polar surface area (TPSA) is 64.3 Å². The lowest BCUT2D eigenvalue weighted by molar-refractivity contribution is 0.0696. The van der Waals surface area contributed by atoms with Crippen LogP contribution in [0.2, 0.25) is 5.02 Å². The molecular formula is C28H25ClF2N2O3. The normalized spacial score (nSPS) is 15.2. The summed E-state index contributed by atoms with van der Waals surface area (Å²) >= 11 is 6.11. The van der Waals surface area contributed by atoms with Crippen molar-refractivity contribution in [3.8, 4) is 17.1 Å². The Morgan fingerprint density at radius 3 is 2.50 bits per heavy atom. The average Bonchev–Trinajstić information content (AvgIpc) is 3.23. The van der Waals surface area contributed by atoms with Crippen LogP contribution in [0, 0.1) is 17.6 Å². The monoisotopic (exact) mass is 510 g/mol. The zero-order valence-electron chi connectivity index (χ0n) is 19.5. The van der Waals surface area contributed by atoms with Crippen molar-refractivity contribution in [3.05, 3.63) is 82.9 Å². The number of carboxylic acids is 1. The zero-order chi connectivity index (χ0) is 25.2. The van der Waals surface area contributed by atoms with Crippen LogP contribution < -0.4 is 4.74 Å². The lowest BCUT2D eigenvalue weighted by atomic mass is 9.83. The summed E-state index contributed by atoms with van der Waals surface area (Å²) in [5, 5.41) is 9.92. The number of aromatic carboxylic acids is 1. The summed E-state index contributed by atoms with van der Waals surface area (Å²) in [4.78, 5) is 16.1. The minimum absolute atomic E-state index is 0.134. The second-order valence-electron chi connectivity index (χ2n) is 9.18. The van der Waals surface area contributed by atoms with Crippen LogP contribution in [-0.4, -0.2) is 27.2 Å². The molecular weight excluding hydrogens is 486 g/mol. The number of aromatic nitrogens is 2. The van der Waals surface area contributed by atoms with Crippen LogP contribution in [0.4, 0.5) is 8.78 Å². The van der Waals surface area contributed by atoms with Crippen LogP contribution in [0.5, 0.6) is 5.75 Å². The zero-order valence-corrected chi connectivity index (χ0v) is 20.2. The SMILES string of the molecule is O=C(O)c1cccc(OCC(C2CCCCC2)n2c(-c3ccc(Cl)cc3)nc3cc(F)c(F)cc32)c1. The van der Waals surface area contributed by atoms with Gasteiger partial charge in [0.15, 0.2) is 11.6 Å².